The van der Waals surface area contributed by atoms with Gasteiger partial charge in [0.1, 0.15) is 17.5 Å². The predicted octanol–water partition coefficient (Wildman–Crippen LogP) is 2.27. The molecule has 1 aliphatic heterocycles. The molecule has 7 nitrogen and oxygen atoms in total. The van der Waals surface area contributed by atoms with Gasteiger partial charge in [0, 0.05) is 6.54 Å². The van der Waals surface area contributed by atoms with Gasteiger partial charge in [0.25, 0.3) is 5.91 Å². The van der Waals surface area contributed by atoms with Gasteiger partial charge in [-0.05, 0) is 38.3 Å². The van der Waals surface area contributed by atoms with Crippen LogP contribution in [0.1, 0.15) is 35.3 Å². The highest BCUT2D eigenvalue weighted by atomic mass is 16.5. The Morgan fingerprint density at radius 1 is 1.28 bits per heavy atom. The van der Waals surface area contributed by atoms with Crippen LogP contribution in [0.3, 0.4) is 0 Å². The molecule has 25 heavy (non-hydrogen) atoms. The number of aliphatic carboxylic acids is 1. The van der Waals surface area contributed by atoms with Crippen molar-refractivity contribution in [2.45, 2.75) is 32.2 Å². The summed E-state index contributed by atoms with van der Waals surface area (Å²) in [6.45, 7) is 2.25. The topological polar surface area (TPSA) is 84.7 Å². The number of carboxylic acids is 1. The van der Waals surface area contributed by atoms with E-state index in [1.165, 1.54) is 11.1 Å². The molecule has 1 unspecified atom stereocenters. The first-order chi connectivity index (χ1) is 12.0. The molecule has 1 fully saturated rings. The Balaban J connectivity index is 1.95. The number of piperidine rings is 1. The number of carbonyl (C=O) groups is 2. The normalized spacial score (nSPS) is 17.4. The SMILES string of the molecule is COc1ccccc1-n1ncc(C(=O)N2CCCCC2C(=O)O)c1C. The molecule has 0 bridgehead atoms. The molecule has 0 saturated carbocycles. The minimum absolute atomic E-state index is 0.286. The van der Waals surface area contributed by atoms with Gasteiger partial charge in [-0.2, -0.15) is 5.10 Å². The van der Waals surface area contributed by atoms with Crippen LogP contribution >= 0.6 is 0 Å². The Morgan fingerprint density at radius 2 is 2.04 bits per heavy atom. The molecule has 1 N–H and O–H groups in total. The molecule has 7 heteroatoms. The zero-order chi connectivity index (χ0) is 18.0. The fourth-order valence-corrected chi connectivity index (χ4v) is 3.25. The lowest BCUT2D eigenvalue weighted by Crippen LogP contribution is -2.48. The maximum absolute atomic E-state index is 12.9. The number of likely N-dealkylation sites (tertiary alicyclic amines) is 1. The summed E-state index contributed by atoms with van der Waals surface area (Å²) >= 11 is 0. The molecule has 2 aromatic rings. The van der Waals surface area contributed by atoms with Gasteiger partial charge in [-0.25, -0.2) is 9.48 Å². The highest BCUT2D eigenvalue weighted by Gasteiger charge is 2.33. The minimum Gasteiger partial charge on any atom is -0.494 e. The third-order valence-electron chi connectivity index (χ3n) is 4.60. The summed E-state index contributed by atoms with van der Waals surface area (Å²) in [5.74, 6) is -0.595. The number of ether oxygens (including phenoxy) is 1. The molecule has 2 heterocycles. The second-order valence-corrected chi connectivity index (χ2v) is 6.08. The summed E-state index contributed by atoms with van der Waals surface area (Å²) in [6.07, 6.45) is 3.62. The van der Waals surface area contributed by atoms with Crippen molar-refractivity contribution >= 4 is 11.9 Å². The van der Waals surface area contributed by atoms with Crippen LogP contribution in [-0.4, -0.2) is 51.4 Å². The monoisotopic (exact) mass is 343 g/mol. The number of para-hydroxylation sites is 2. The van der Waals surface area contributed by atoms with Crippen LogP contribution in [0.5, 0.6) is 5.75 Å². The van der Waals surface area contributed by atoms with Gasteiger partial charge < -0.3 is 14.7 Å². The Labute approximate surface area is 145 Å². The van der Waals surface area contributed by atoms with Crippen LogP contribution in [0.4, 0.5) is 0 Å². The molecular formula is C18H21N3O4. The van der Waals surface area contributed by atoms with E-state index in [1.807, 2.05) is 24.3 Å². The molecule has 1 aromatic carbocycles. The fraction of sp³-hybridized carbons (Fsp3) is 0.389. The molecule has 0 aliphatic carbocycles. The lowest BCUT2D eigenvalue weighted by atomic mass is 10.0. The Hall–Kier alpha value is -2.83. The largest absolute Gasteiger partial charge is 0.494 e. The maximum atomic E-state index is 12.9. The molecule has 1 amide bonds. The Kier molecular flexibility index (Phi) is 4.74. The number of nitrogens with zero attached hydrogens (tertiary/aromatic N) is 3. The Morgan fingerprint density at radius 3 is 2.76 bits per heavy atom. The quantitative estimate of drug-likeness (QED) is 0.920. The van der Waals surface area contributed by atoms with E-state index >= 15 is 0 Å². The molecule has 0 radical (unpaired) electrons. The first-order valence-corrected chi connectivity index (χ1v) is 8.26. The number of carboxylic acid groups (broad SMARTS) is 1. The number of methoxy groups -OCH3 is 1. The number of benzene rings is 1. The van der Waals surface area contributed by atoms with Crippen molar-refractivity contribution in [3.63, 3.8) is 0 Å². The van der Waals surface area contributed by atoms with Crippen molar-refractivity contribution < 1.29 is 19.4 Å². The minimum atomic E-state index is -0.956. The maximum Gasteiger partial charge on any atom is 0.326 e. The van der Waals surface area contributed by atoms with Crippen LogP contribution in [-0.2, 0) is 4.79 Å². The first-order valence-electron chi connectivity index (χ1n) is 8.26. The van der Waals surface area contributed by atoms with E-state index in [0.717, 1.165) is 18.5 Å². The fourth-order valence-electron chi connectivity index (χ4n) is 3.25. The number of rotatable bonds is 4. The zero-order valence-corrected chi connectivity index (χ0v) is 14.3. The van der Waals surface area contributed by atoms with E-state index in [4.69, 9.17) is 4.74 Å². The highest BCUT2D eigenvalue weighted by Crippen LogP contribution is 2.26. The second-order valence-electron chi connectivity index (χ2n) is 6.08. The van der Waals surface area contributed by atoms with Crippen molar-refractivity contribution in [1.82, 2.24) is 14.7 Å². The van der Waals surface area contributed by atoms with Crippen LogP contribution in [0.15, 0.2) is 30.5 Å². The van der Waals surface area contributed by atoms with Crippen molar-refractivity contribution in [1.29, 1.82) is 0 Å². The average Bonchev–Trinajstić information content (AvgIpc) is 3.02. The smallest absolute Gasteiger partial charge is 0.326 e. The lowest BCUT2D eigenvalue weighted by molar-refractivity contribution is -0.143. The number of aromatic nitrogens is 2. The predicted molar refractivity (Wildman–Crippen MR) is 91.2 cm³/mol. The summed E-state index contributed by atoms with van der Waals surface area (Å²) < 4.78 is 7.00. The second kappa shape index (κ2) is 6.96. The number of hydrogen-bond donors (Lipinski definition) is 1. The highest BCUT2D eigenvalue weighted by molar-refractivity contribution is 5.97. The zero-order valence-electron chi connectivity index (χ0n) is 14.3. The standard InChI is InChI=1S/C18H21N3O4/c1-12-13(17(22)20-10-6-5-8-15(20)18(23)24)11-19-21(12)14-7-3-4-9-16(14)25-2/h3-4,7,9,11,15H,5-6,8,10H2,1-2H3,(H,23,24). The molecule has 1 aliphatic rings. The van der Waals surface area contributed by atoms with E-state index in [0.29, 0.717) is 30.0 Å². The Bertz CT molecular complexity index is 799. The molecular weight excluding hydrogens is 322 g/mol. The van der Waals surface area contributed by atoms with Crippen LogP contribution in [0, 0.1) is 6.92 Å². The molecule has 0 spiro atoms. The summed E-state index contributed by atoms with van der Waals surface area (Å²) in [7, 11) is 1.58. The van der Waals surface area contributed by atoms with Crippen LogP contribution in [0.2, 0.25) is 0 Å². The van der Waals surface area contributed by atoms with Crippen LogP contribution in [0.25, 0.3) is 5.69 Å². The molecule has 3 rings (SSSR count). The summed E-state index contributed by atoms with van der Waals surface area (Å²) in [5.41, 5.74) is 1.80. The van der Waals surface area contributed by atoms with Gasteiger partial charge in [0.15, 0.2) is 0 Å². The lowest BCUT2D eigenvalue weighted by Gasteiger charge is -2.32. The van der Waals surface area contributed by atoms with E-state index < -0.39 is 12.0 Å². The molecule has 132 valence electrons. The number of amides is 1. The van der Waals surface area contributed by atoms with E-state index in [1.54, 1.807) is 18.7 Å². The average molecular weight is 343 g/mol. The number of hydrogen-bond acceptors (Lipinski definition) is 4. The van der Waals surface area contributed by atoms with Gasteiger partial charge >= 0.3 is 5.97 Å². The van der Waals surface area contributed by atoms with Crippen molar-refractivity contribution in [2.24, 2.45) is 0 Å². The van der Waals surface area contributed by atoms with Crippen molar-refractivity contribution in [2.75, 3.05) is 13.7 Å². The third kappa shape index (κ3) is 3.09. The first kappa shape index (κ1) is 17.0. The summed E-state index contributed by atoms with van der Waals surface area (Å²) in [6, 6.07) is 6.64. The van der Waals surface area contributed by atoms with Gasteiger partial charge in [0.2, 0.25) is 0 Å². The van der Waals surface area contributed by atoms with Crippen molar-refractivity contribution in [3.8, 4) is 11.4 Å². The molecule has 1 aromatic heterocycles. The van der Waals surface area contributed by atoms with Gasteiger partial charge in [-0.1, -0.05) is 12.1 Å². The van der Waals surface area contributed by atoms with E-state index in [2.05, 4.69) is 5.10 Å². The van der Waals surface area contributed by atoms with E-state index in [9.17, 15) is 14.7 Å². The molecule has 1 atom stereocenters. The van der Waals surface area contributed by atoms with Gasteiger partial charge in [0.05, 0.1) is 24.6 Å². The molecule has 1 saturated heterocycles. The third-order valence-corrected chi connectivity index (χ3v) is 4.60. The van der Waals surface area contributed by atoms with E-state index in [-0.39, 0.29) is 5.91 Å². The van der Waals surface area contributed by atoms with Crippen molar-refractivity contribution in [3.05, 3.63) is 41.7 Å². The van der Waals surface area contributed by atoms with Gasteiger partial charge in [-0.3, -0.25) is 4.79 Å². The van der Waals surface area contributed by atoms with Crippen LogP contribution < -0.4 is 4.74 Å². The summed E-state index contributed by atoms with van der Waals surface area (Å²) in [5, 5.41) is 13.7. The number of carbonyl (C=O) groups excluding carboxylic acids is 1. The summed E-state index contributed by atoms with van der Waals surface area (Å²) in [4.78, 5) is 25.8. The van der Waals surface area contributed by atoms with Gasteiger partial charge in [-0.15, -0.1) is 0 Å².